The van der Waals surface area contributed by atoms with E-state index in [1.807, 2.05) is 0 Å². The van der Waals surface area contributed by atoms with E-state index in [1.54, 1.807) is 0 Å². The second-order valence-electron chi connectivity index (χ2n) is 4.19. The fourth-order valence-corrected chi connectivity index (χ4v) is 2.36. The lowest BCUT2D eigenvalue weighted by Gasteiger charge is -2.24. The van der Waals surface area contributed by atoms with Gasteiger partial charge in [-0.3, -0.25) is 0 Å². The first-order valence-electron chi connectivity index (χ1n) is 4.53. The normalized spacial score (nSPS) is 48.0. The van der Waals surface area contributed by atoms with Crippen molar-refractivity contribution in [3.05, 3.63) is 0 Å². The zero-order valence-electron chi connectivity index (χ0n) is 6.72. The Morgan fingerprint density at radius 1 is 1.20 bits per heavy atom. The van der Waals surface area contributed by atoms with Crippen molar-refractivity contribution < 1.29 is 0 Å². The standard InChI is InChI=1S/C9H17N/c1-6(10)7-2-3-8-5-9(8)4-7/h6-9H,2-5,10H2,1H3/t6-,7?,8?,9?/m0/s1. The molecule has 2 N–H and O–H groups in total. The lowest BCUT2D eigenvalue weighted by Crippen LogP contribution is -2.28. The Labute approximate surface area is 63.0 Å². The van der Waals surface area contributed by atoms with Crippen LogP contribution in [0.3, 0.4) is 0 Å². The maximum Gasteiger partial charge on any atom is 0.00388 e. The van der Waals surface area contributed by atoms with Crippen LogP contribution in [-0.2, 0) is 0 Å². The summed E-state index contributed by atoms with van der Waals surface area (Å²) in [5, 5.41) is 0. The number of nitrogens with two attached hydrogens (primary N) is 1. The quantitative estimate of drug-likeness (QED) is 0.588. The van der Waals surface area contributed by atoms with Crippen LogP contribution in [0.2, 0.25) is 0 Å². The molecule has 0 aromatic rings. The van der Waals surface area contributed by atoms with Crippen molar-refractivity contribution in [2.24, 2.45) is 23.5 Å². The minimum Gasteiger partial charge on any atom is -0.328 e. The van der Waals surface area contributed by atoms with E-state index < -0.39 is 0 Å². The Kier molecular flexibility index (Phi) is 1.48. The molecule has 0 amide bonds. The summed E-state index contributed by atoms with van der Waals surface area (Å²) in [4.78, 5) is 0. The van der Waals surface area contributed by atoms with Crippen LogP contribution >= 0.6 is 0 Å². The van der Waals surface area contributed by atoms with E-state index in [2.05, 4.69) is 6.92 Å². The van der Waals surface area contributed by atoms with Gasteiger partial charge in [-0.1, -0.05) is 0 Å². The molecule has 2 aliphatic rings. The molecule has 0 aromatic heterocycles. The summed E-state index contributed by atoms with van der Waals surface area (Å²) in [5.74, 6) is 3.06. The average molecular weight is 139 g/mol. The highest BCUT2D eigenvalue weighted by Crippen LogP contribution is 2.51. The Morgan fingerprint density at radius 3 is 2.60 bits per heavy atom. The van der Waals surface area contributed by atoms with E-state index in [4.69, 9.17) is 5.73 Å². The summed E-state index contributed by atoms with van der Waals surface area (Å²) >= 11 is 0. The van der Waals surface area contributed by atoms with Crippen molar-refractivity contribution in [3.63, 3.8) is 0 Å². The summed E-state index contributed by atoms with van der Waals surface area (Å²) < 4.78 is 0. The van der Waals surface area contributed by atoms with Gasteiger partial charge in [0.15, 0.2) is 0 Å². The van der Waals surface area contributed by atoms with Crippen molar-refractivity contribution in [1.29, 1.82) is 0 Å². The van der Waals surface area contributed by atoms with Gasteiger partial charge in [-0.2, -0.15) is 0 Å². The minimum absolute atomic E-state index is 0.446. The number of hydrogen-bond acceptors (Lipinski definition) is 1. The van der Waals surface area contributed by atoms with Crippen LogP contribution in [0.1, 0.15) is 32.6 Å². The molecule has 1 nitrogen and oxygen atoms in total. The van der Waals surface area contributed by atoms with E-state index in [0.717, 1.165) is 17.8 Å². The summed E-state index contributed by atoms with van der Waals surface area (Å²) in [6.45, 7) is 2.16. The molecule has 2 fully saturated rings. The highest BCUT2D eigenvalue weighted by atomic mass is 14.6. The Bertz CT molecular complexity index is 131. The first-order valence-corrected chi connectivity index (χ1v) is 4.53. The zero-order valence-corrected chi connectivity index (χ0v) is 6.72. The molecule has 0 saturated heterocycles. The molecule has 2 aliphatic carbocycles. The molecule has 2 rings (SSSR count). The Balaban J connectivity index is 1.88. The smallest absolute Gasteiger partial charge is 0.00388 e. The van der Waals surface area contributed by atoms with E-state index in [-0.39, 0.29) is 0 Å². The molecule has 1 heteroatoms. The topological polar surface area (TPSA) is 26.0 Å². The van der Waals surface area contributed by atoms with Gasteiger partial charge in [0.25, 0.3) is 0 Å². The van der Waals surface area contributed by atoms with Crippen LogP contribution in [0.25, 0.3) is 0 Å². The maximum atomic E-state index is 5.85. The molecule has 2 saturated carbocycles. The second-order valence-corrected chi connectivity index (χ2v) is 4.19. The van der Waals surface area contributed by atoms with Crippen molar-refractivity contribution in [1.82, 2.24) is 0 Å². The third-order valence-electron chi connectivity index (χ3n) is 3.33. The molecule has 0 aliphatic heterocycles. The number of fused-ring (bicyclic) bond motifs is 1. The summed E-state index contributed by atoms with van der Waals surface area (Å²) in [5.41, 5.74) is 5.85. The van der Waals surface area contributed by atoms with Crippen LogP contribution in [-0.4, -0.2) is 6.04 Å². The minimum atomic E-state index is 0.446. The molecule has 0 bridgehead atoms. The predicted molar refractivity (Wildman–Crippen MR) is 42.6 cm³/mol. The summed E-state index contributed by atoms with van der Waals surface area (Å²) in [6.07, 6.45) is 5.82. The van der Waals surface area contributed by atoms with E-state index >= 15 is 0 Å². The van der Waals surface area contributed by atoms with Crippen LogP contribution in [0.4, 0.5) is 0 Å². The highest BCUT2D eigenvalue weighted by molar-refractivity contribution is 4.93. The fraction of sp³-hybridized carbons (Fsp3) is 1.00. The summed E-state index contributed by atoms with van der Waals surface area (Å²) in [7, 11) is 0. The van der Waals surface area contributed by atoms with Crippen LogP contribution in [0.15, 0.2) is 0 Å². The monoisotopic (exact) mass is 139 g/mol. The fourth-order valence-electron chi connectivity index (χ4n) is 2.36. The van der Waals surface area contributed by atoms with Crippen molar-refractivity contribution >= 4 is 0 Å². The molecule has 0 spiro atoms. The largest absolute Gasteiger partial charge is 0.328 e. The zero-order chi connectivity index (χ0) is 7.14. The molecule has 0 aromatic carbocycles. The lowest BCUT2D eigenvalue weighted by atomic mass is 9.85. The maximum absolute atomic E-state index is 5.85. The molecule has 0 heterocycles. The second kappa shape index (κ2) is 2.23. The van der Waals surface area contributed by atoms with E-state index in [9.17, 15) is 0 Å². The van der Waals surface area contributed by atoms with Crippen LogP contribution < -0.4 is 5.73 Å². The summed E-state index contributed by atoms with van der Waals surface area (Å²) in [6, 6.07) is 0.446. The lowest BCUT2D eigenvalue weighted by molar-refractivity contribution is 0.304. The van der Waals surface area contributed by atoms with Gasteiger partial charge in [0.05, 0.1) is 0 Å². The van der Waals surface area contributed by atoms with Gasteiger partial charge in [-0.15, -0.1) is 0 Å². The van der Waals surface area contributed by atoms with Gasteiger partial charge >= 0.3 is 0 Å². The predicted octanol–water partition coefficient (Wildman–Crippen LogP) is 1.77. The van der Waals surface area contributed by atoms with E-state index in [1.165, 1.54) is 25.7 Å². The van der Waals surface area contributed by atoms with Crippen LogP contribution in [0.5, 0.6) is 0 Å². The highest BCUT2D eigenvalue weighted by Gasteiger charge is 2.42. The van der Waals surface area contributed by atoms with Gasteiger partial charge in [0.1, 0.15) is 0 Å². The van der Waals surface area contributed by atoms with Gasteiger partial charge in [0.2, 0.25) is 0 Å². The van der Waals surface area contributed by atoms with E-state index in [0.29, 0.717) is 6.04 Å². The third-order valence-corrected chi connectivity index (χ3v) is 3.33. The van der Waals surface area contributed by atoms with Crippen molar-refractivity contribution in [3.8, 4) is 0 Å². The molecule has 4 atom stereocenters. The molecule has 0 radical (unpaired) electrons. The third kappa shape index (κ3) is 1.07. The van der Waals surface area contributed by atoms with Crippen molar-refractivity contribution in [2.75, 3.05) is 0 Å². The Hall–Kier alpha value is -0.0400. The van der Waals surface area contributed by atoms with Gasteiger partial charge < -0.3 is 5.73 Å². The van der Waals surface area contributed by atoms with Gasteiger partial charge in [-0.05, 0) is 50.4 Å². The molecule has 3 unspecified atom stereocenters. The SMILES string of the molecule is C[C@H](N)C1CCC2CC2C1. The number of hydrogen-bond donors (Lipinski definition) is 1. The van der Waals surface area contributed by atoms with Gasteiger partial charge in [-0.25, -0.2) is 0 Å². The molecule has 10 heavy (non-hydrogen) atoms. The Morgan fingerprint density at radius 2 is 2.00 bits per heavy atom. The average Bonchev–Trinajstić information content (AvgIpc) is 2.63. The van der Waals surface area contributed by atoms with Gasteiger partial charge in [0, 0.05) is 6.04 Å². The number of rotatable bonds is 1. The first kappa shape index (κ1) is 6.66. The molecular weight excluding hydrogens is 122 g/mol. The molecular formula is C9H17N. The van der Waals surface area contributed by atoms with Crippen LogP contribution in [0, 0.1) is 17.8 Å². The van der Waals surface area contributed by atoms with Crippen molar-refractivity contribution in [2.45, 2.75) is 38.6 Å². The molecule has 58 valence electrons. The first-order chi connectivity index (χ1) is 4.77.